The minimum absolute atomic E-state index is 0.0781. The molecule has 0 bridgehead atoms. The summed E-state index contributed by atoms with van der Waals surface area (Å²) in [7, 11) is 0. The molecule has 4 nitrogen and oxygen atoms in total. The van der Waals surface area contributed by atoms with E-state index in [0.717, 1.165) is 12.8 Å². The van der Waals surface area contributed by atoms with Crippen LogP contribution in [-0.4, -0.2) is 51.4 Å². The second kappa shape index (κ2) is 6.47. The number of rotatable bonds is 6. The fourth-order valence-electron chi connectivity index (χ4n) is 2.04. The molecule has 0 aliphatic carbocycles. The van der Waals surface area contributed by atoms with Crippen LogP contribution in [0.2, 0.25) is 0 Å². The Labute approximate surface area is 101 Å². The van der Waals surface area contributed by atoms with Crippen LogP contribution in [0, 0.1) is 5.92 Å². The lowest BCUT2D eigenvalue weighted by Gasteiger charge is -2.30. The third-order valence-corrected chi connectivity index (χ3v) is 4.47. The zero-order valence-corrected chi connectivity index (χ0v) is 10.7. The maximum atomic E-state index is 11.7. The summed E-state index contributed by atoms with van der Waals surface area (Å²) in [5.41, 5.74) is 0. The molecule has 1 saturated heterocycles. The van der Waals surface area contributed by atoms with Crippen LogP contribution in [0.4, 0.5) is 0 Å². The molecule has 0 aromatic heterocycles. The number of carbonyl (C=O) groups is 1. The van der Waals surface area contributed by atoms with E-state index in [1.165, 1.54) is 0 Å². The molecule has 1 rings (SSSR count). The van der Waals surface area contributed by atoms with Gasteiger partial charge in [-0.15, -0.1) is 11.8 Å². The Hall–Kier alpha value is -0.260. The van der Waals surface area contributed by atoms with E-state index in [4.69, 9.17) is 5.11 Å². The lowest BCUT2D eigenvalue weighted by molar-refractivity contribution is -0.130. The molecular weight excluding hydrogens is 226 g/mol. The normalized spacial score (nSPS) is 23.2. The van der Waals surface area contributed by atoms with Crippen LogP contribution in [0.5, 0.6) is 0 Å². The van der Waals surface area contributed by atoms with Crippen LogP contribution in [0.1, 0.15) is 26.7 Å². The van der Waals surface area contributed by atoms with Gasteiger partial charge in [0.1, 0.15) is 0 Å². The third-order valence-electron chi connectivity index (χ3n) is 3.08. The molecule has 1 fully saturated rings. The average Bonchev–Trinajstić information content (AvgIpc) is 2.63. The second-order valence-electron chi connectivity index (χ2n) is 4.16. The van der Waals surface area contributed by atoms with Crippen molar-refractivity contribution in [2.75, 3.05) is 18.9 Å². The van der Waals surface area contributed by atoms with E-state index < -0.39 is 6.10 Å². The van der Waals surface area contributed by atoms with Crippen molar-refractivity contribution < 1.29 is 15.0 Å². The summed E-state index contributed by atoms with van der Waals surface area (Å²) >= 11 is 1.65. The number of carbonyl (C=O) groups excluding carboxylic acids is 1. The number of thioether (sulfide) groups is 1. The molecule has 2 N–H and O–H groups in total. The van der Waals surface area contributed by atoms with E-state index in [0.29, 0.717) is 11.7 Å². The Morgan fingerprint density at radius 1 is 1.50 bits per heavy atom. The fourth-order valence-corrected chi connectivity index (χ4v) is 3.56. The van der Waals surface area contributed by atoms with Crippen molar-refractivity contribution in [3.8, 4) is 0 Å². The summed E-state index contributed by atoms with van der Waals surface area (Å²) < 4.78 is 0. The van der Waals surface area contributed by atoms with Gasteiger partial charge in [-0.3, -0.25) is 4.79 Å². The molecule has 0 radical (unpaired) electrons. The molecule has 2 atom stereocenters. The van der Waals surface area contributed by atoms with Crippen molar-refractivity contribution in [3.05, 3.63) is 0 Å². The molecule has 1 heterocycles. The second-order valence-corrected chi connectivity index (χ2v) is 5.27. The van der Waals surface area contributed by atoms with Crippen LogP contribution in [0.25, 0.3) is 0 Å². The van der Waals surface area contributed by atoms with Crippen LogP contribution in [0.15, 0.2) is 0 Å². The third kappa shape index (κ3) is 3.12. The quantitative estimate of drug-likeness (QED) is 0.724. The molecule has 1 unspecified atom stereocenters. The number of hydrogen-bond acceptors (Lipinski definition) is 4. The first-order valence-corrected chi connectivity index (χ1v) is 6.88. The highest BCUT2D eigenvalue weighted by Crippen LogP contribution is 2.33. The summed E-state index contributed by atoms with van der Waals surface area (Å²) in [5, 5.41) is 18.4. The SMILES string of the molecule is CCC(CC)C1SCC(=O)N1C[C@H](O)CO. The van der Waals surface area contributed by atoms with Gasteiger partial charge in [0.05, 0.1) is 23.8 Å². The summed E-state index contributed by atoms with van der Waals surface area (Å²) in [6.45, 7) is 4.21. The molecule has 1 aliphatic rings. The molecule has 5 heteroatoms. The highest BCUT2D eigenvalue weighted by atomic mass is 32.2. The van der Waals surface area contributed by atoms with Crippen LogP contribution in [0.3, 0.4) is 0 Å². The van der Waals surface area contributed by atoms with Gasteiger partial charge in [-0.05, 0) is 5.92 Å². The molecule has 0 saturated carbocycles. The predicted octanol–water partition coefficient (Wildman–Crippen LogP) is 0.677. The van der Waals surface area contributed by atoms with Gasteiger partial charge < -0.3 is 15.1 Å². The van der Waals surface area contributed by atoms with Crippen molar-refractivity contribution in [1.29, 1.82) is 0 Å². The number of aliphatic hydroxyl groups is 2. The van der Waals surface area contributed by atoms with Gasteiger partial charge in [0.2, 0.25) is 5.91 Å². The topological polar surface area (TPSA) is 60.8 Å². The predicted molar refractivity (Wildman–Crippen MR) is 65.1 cm³/mol. The Morgan fingerprint density at radius 3 is 2.62 bits per heavy atom. The lowest BCUT2D eigenvalue weighted by Crippen LogP contribution is -2.42. The number of aliphatic hydroxyl groups excluding tert-OH is 2. The Morgan fingerprint density at radius 2 is 2.12 bits per heavy atom. The van der Waals surface area contributed by atoms with Gasteiger partial charge in [-0.1, -0.05) is 26.7 Å². The molecule has 94 valence electrons. The number of hydrogen-bond donors (Lipinski definition) is 2. The van der Waals surface area contributed by atoms with Gasteiger partial charge in [0, 0.05) is 6.54 Å². The van der Waals surface area contributed by atoms with Crippen LogP contribution < -0.4 is 0 Å². The average molecular weight is 247 g/mol. The minimum Gasteiger partial charge on any atom is -0.394 e. The molecule has 0 aromatic carbocycles. The molecule has 1 aliphatic heterocycles. The monoisotopic (exact) mass is 247 g/mol. The van der Waals surface area contributed by atoms with Crippen molar-refractivity contribution in [1.82, 2.24) is 4.90 Å². The van der Waals surface area contributed by atoms with E-state index >= 15 is 0 Å². The first-order chi connectivity index (χ1) is 7.63. The van der Waals surface area contributed by atoms with E-state index in [2.05, 4.69) is 13.8 Å². The largest absolute Gasteiger partial charge is 0.394 e. The van der Waals surface area contributed by atoms with Crippen molar-refractivity contribution >= 4 is 17.7 Å². The zero-order chi connectivity index (χ0) is 12.1. The maximum absolute atomic E-state index is 11.7. The van der Waals surface area contributed by atoms with E-state index in [1.54, 1.807) is 16.7 Å². The van der Waals surface area contributed by atoms with E-state index in [1.807, 2.05) is 0 Å². The summed E-state index contributed by atoms with van der Waals surface area (Å²) in [4.78, 5) is 13.4. The Kier molecular flexibility index (Phi) is 5.58. The smallest absolute Gasteiger partial charge is 0.233 e. The molecule has 0 aromatic rings. The van der Waals surface area contributed by atoms with Gasteiger partial charge in [-0.25, -0.2) is 0 Å². The molecule has 0 spiro atoms. The maximum Gasteiger partial charge on any atom is 0.233 e. The highest BCUT2D eigenvalue weighted by Gasteiger charge is 2.36. The van der Waals surface area contributed by atoms with Crippen molar-refractivity contribution in [2.45, 2.75) is 38.2 Å². The fraction of sp³-hybridized carbons (Fsp3) is 0.909. The van der Waals surface area contributed by atoms with Crippen LogP contribution >= 0.6 is 11.8 Å². The van der Waals surface area contributed by atoms with Crippen LogP contribution in [-0.2, 0) is 4.79 Å². The summed E-state index contributed by atoms with van der Waals surface area (Å²) in [6.07, 6.45) is 1.25. The van der Waals surface area contributed by atoms with E-state index in [9.17, 15) is 9.90 Å². The first kappa shape index (κ1) is 13.8. The lowest BCUT2D eigenvalue weighted by atomic mass is 10.0. The Bertz CT molecular complexity index is 233. The Balaban J connectivity index is 2.65. The van der Waals surface area contributed by atoms with Crippen molar-refractivity contribution in [2.24, 2.45) is 5.92 Å². The molecule has 1 amide bonds. The molecule has 16 heavy (non-hydrogen) atoms. The first-order valence-electron chi connectivity index (χ1n) is 5.84. The summed E-state index contributed by atoms with van der Waals surface area (Å²) in [6, 6.07) is 0. The highest BCUT2D eigenvalue weighted by molar-refractivity contribution is 8.01. The number of β-amino-alcohol motifs (C(OH)–C–C–N with tert-alkyl or cyclic N) is 1. The standard InChI is InChI=1S/C11H21NO3S/c1-3-8(4-2)11-12(5-9(14)6-13)10(15)7-16-11/h8-9,11,13-14H,3-7H2,1-2H3/t9-,11?/m0/s1. The number of nitrogens with zero attached hydrogens (tertiary/aromatic N) is 1. The van der Waals surface area contributed by atoms with Gasteiger partial charge in [-0.2, -0.15) is 0 Å². The van der Waals surface area contributed by atoms with Gasteiger partial charge in [0.25, 0.3) is 0 Å². The van der Waals surface area contributed by atoms with Gasteiger partial charge in [0.15, 0.2) is 0 Å². The molecular formula is C11H21NO3S. The minimum atomic E-state index is -0.820. The van der Waals surface area contributed by atoms with Crippen molar-refractivity contribution in [3.63, 3.8) is 0 Å². The zero-order valence-electron chi connectivity index (χ0n) is 9.93. The number of amides is 1. The van der Waals surface area contributed by atoms with Gasteiger partial charge >= 0.3 is 0 Å². The summed E-state index contributed by atoms with van der Waals surface area (Å²) in [5.74, 6) is 1.05. The van der Waals surface area contributed by atoms with E-state index in [-0.39, 0.29) is 24.4 Å².